The normalized spacial score (nSPS) is 21.4. The molecule has 1 aliphatic heterocycles. The van der Waals surface area contributed by atoms with Crippen molar-refractivity contribution < 1.29 is 9.59 Å². The SMILES string of the molecule is C[C@@H]1C[C@@H]1C(=O)Nc1ccc(C(=O)N2CCC=C(c3cccnc3)C2)cc1. The van der Waals surface area contributed by atoms with Gasteiger partial charge in [-0.1, -0.05) is 19.1 Å². The van der Waals surface area contributed by atoms with Crippen molar-refractivity contribution in [3.8, 4) is 0 Å². The molecule has 0 spiro atoms. The van der Waals surface area contributed by atoms with E-state index >= 15 is 0 Å². The number of carbonyl (C=O) groups excluding carboxylic acids is 2. The zero-order valence-corrected chi connectivity index (χ0v) is 15.4. The summed E-state index contributed by atoms with van der Waals surface area (Å²) in [4.78, 5) is 30.9. The van der Waals surface area contributed by atoms with Crippen LogP contribution in [0.5, 0.6) is 0 Å². The first-order valence-corrected chi connectivity index (χ1v) is 9.41. The van der Waals surface area contributed by atoms with Gasteiger partial charge in [0.15, 0.2) is 0 Å². The van der Waals surface area contributed by atoms with Crippen molar-refractivity contribution >= 4 is 23.1 Å². The summed E-state index contributed by atoms with van der Waals surface area (Å²) in [6.07, 6.45) is 7.56. The van der Waals surface area contributed by atoms with E-state index in [1.807, 2.05) is 23.2 Å². The minimum Gasteiger partial charge on any atom is -0.334 e. The fourth-order valence-electron chi connectivity index (χ4n) is 3.48. The fourth-order valence-corrected chi connectivity index (χ4v) is 3.48. The zero-order valence-electron chi connectivity index (χ0n) is 15.4. The lowest BCUT2D eigenvalue weighted by Crippen LogP contribution is -2.35. The molecule has 1 N–H and O–H groups in total. The Kier molecular flexibility index (Phi) is 4.75. The summed E-state index contributed by atoms with van der Waals surface area (Å²) in [5.74, 6) is 0.700. The van der Waals surface area contributed by atoms with E-state index in [2.05, 4.69) is 23.3 Å². The third-order valence-electron chi connectivity index (χ3n) is 5.32. The van der Waals surface area contributed by atoms with E-state index in [0.717, 1.165) is 29.7 Å². The van der Waals surface area contributed by atoms with Gasteiger partial charge in [-0.3, -0.25) is 14.6 Å². The van der Waals surface area contributed by atoms with E-state index in [1.165, 1.54) is 0 Å². The van der Waals surface area contributed by atoms with Gasteiger partial charge in [-0.15, -0.1) is 0 Å². The number of rotatable bonds is 4. The van der Waals surface area contributed by atoms with Gasteiger partial charge in [0, 0.05) is 42.7 Å². The summed E-state index contributed by atoms with van der Waals surface area (Å²) in [6, 6.07) is 11.1. The average molecular weight is 361 g/mol. The fraction of sp³-hybridized carbons (Fsp3) is 0.318. The number of carbonyl (C=O) groups is 2. The molecule has 27 heavy (non-hydrogen) atoms. The van der Waals surface area contributed by atoms with Crippen molar-refractivity contribution in [2.75, 3.05) is 18.4 Å². The van der Waals surface area contributed by atoms with Crippen LogP contribution in [-0.2, 0) is 4.79 Å². The Morgan fingerprint density at radius 1 is 1.19 bits per heavy atom. The number of aromatic nitrogens is 1. The molecule has 1 fully saturated rings. The Morgan fingerprint density at radius 3 is 2.63 bits per heavy atom. The summed E-state index contributed by atoms with van der Waals surface area (Å²) in [7, 11) is 0. The molecule has 4 rings (SSSR count). The first-order valence-electron chi connectivity index (χ1n) is 9.41. The van der Waals surface area contributed by atoms with Gasteiger partial charge in [0.05, 0.1) is 0 Å². The highest BCUT2D eigenvalue weighted by Gasteiger charge is 2.39. The van der Waals surface area contributed by atoms with Crippen LogP contribution in [-0.4, -0.2) is 34.8 Å². The van der Waals surface area contributed by atoms with Crippen LogP contribution in [0.25, 0.3) is 5.57 Å². The standard InChI is InChI=1S/C22H23N3O2/c1-15-12-20(15)21(26)24-19-8-6-16(7-9-19)22(27)25-11-3-5-18(14-25)17-4-2-10-23-13-17/h2,4-10,13,15,20H,3,11-12,14H2,1H3,(H,24,26)/t15-,20+/m1/s1. The van der Waals surface area contributed by atoms with Gasteiger partial charge in [-0.2, -0.15) is 0 Å². The van der Waals surface area contributed by atoms with Gasteiger partial charge in [0.2, 0.25) is 5.91 Å². The number of nitrogens with zero attached hydrogens (tertiary/aromatic N) is 2. The molecule has 0 saturated heterocycles. The van der Waals surface area contributed by atoms with Crippen LogP contribution in [0.3, 0.4) is 0 Å². The molecular formula is C22H23N3O2. The minimum atomic E-state index is 0.0122. The number of pyridine rings is 1. The van der Waals surface area contributed by atoms with E-state index in [-0.39, 0.29) is 17.7 Å². The summed E-state index contributed by atoms with van der Waals surface area (Å²) in [6.45, 7) is 3.38. The second-order valence-corrected chi connectivity index (χ2v) is 7.37. The van der Waals surface area contributed by atoms with E-state index in [0.29, 0.717) is 24.6 Å². The second kappa shape index (κ2) is 7.35. The maximum atomic E-state index is 12.9. The maximum absolute atomic E-state index is 12.9. The van der Waals surface area contributed by atoms with E-state index in [9.17, 15) is 9.59 Å². The van der Waals surface area contributed by atoms with Gasteiger partial charge in [0.1, 0.15) is 0 Å². The molecule has 1 saturated carbocycles. The lowest BCUT2D eigenvalue weighted by molar-refractivity contribution is -0.117. The summed E-state index contributed by atoms with van der Waals surface area (Å²) in [5.41, 5.74) is 3.57. The molecule has 0 radical (unpaired) electrons. The summed E-state index contributed by atoms with van der Waals surface area (Å²) < 4.78 is 0. The molecule has 0 bridgehead atoms. The van der Waals surface area contributed by atoms with E-state index in [4.69, 9.17) is 0 Å². The van der Waals surface area contributed by atoms with Crippen LogP contribution in [0, 0.1) is 11.8 Å². The van der Waals surface area contributed by atoms with Crippen molar-refractivity contribution in [1.29, 1.82) is 0 Å². The predicted molar refractivity (Wildman–Crippen MR) is 105 cm³/mol. The van der Waals surface area contributed by atoms with Gasteiger partial charge >= 0.3 is 0 Å². The third kappa shape index (κ3) is 3.92. The van der Waals surface area contributed by atoms with Crippen LogP contribution >= 0.6 is 0 Å². The molecule has 0 unspecified atom stereocenters. The Bertz CT molecular complexity index is 874. The number of hydrogen-bond donors (Lipinski definition) is 1. The van der Waals surface area contributed by atoms with Gasteiger partial charge in [-0.05, 0) is 60.2 Å². The predicted octanol–water partition coefficient (Wildman–Crippen LogP) is 3.61. The van der Waals surface area contributed by atoms with Crippen molar-refractivity contribution in [1.82, 2.24) is 9.88 Å². The first kappa shape index (κ1) is 17.5. The Hall–Kier alpha value is -2.95. The molecule has 2 aromatic rings. The molecule has 1 aromatic heterocycles. The molecule has 5 nitrogen and oxygen atoms in total. The highest BCUT2D eigenvalue weighted by atomic mass is 16.2. The van der Waals surface area contributed by atoms with E-state index in [1.54, 1.807) is 30.5 Å². The Morgan fingerprint density at radius 2 is 1.96 bits per heavy atom. The van der Waals surface area contributed by atoms with Crippen molar-refractivity contribution in [2.45, 2.75) is 19.8 Å². The molecule has 5 heteroatoms. The number of anilines is 1. The Labute approximate surface area is 159 Å². The minimum absolute atomic E-state index is 0.0122. The van der Waals surface area contributed by atoms with Gasteiger partial charge < -0.3 is 10.2 Å². The quantitative estimate of drug-likeness (QED) is 0.905. The molecule has 2 heterocycles. The Balaban J connectivity index is 1.40. The van der Waals surface area contributed by atoms with Crippen LogP contribution in [0.1, 0.15) is 35.7 Å². The maximum Gasteiger partial charge on any atom is 0.254 e. The summed E-state index contributed by atoms with van der Waals surface area (Å²) >= 11 is 0. The van der Waals surface area contributed by atoms with Crippen LogP contribution in [0.4, 0.5) is 5.69 Å². The second-order valence-electron chi connectivity index (χ2n) is 7.37. The van der Waals surface area contributed by atoms with Crippen molar-refractivity contribution in [2.24, 2.45) is 11.8 Å². The molecule has 2 atom stereocenters. The first-order chi connectivity index (χ1) is 13.1. The average Bonchev–Trinajstić information content (AvgIpc) is 3.46. The number of amides is 2. The van der Waals surface area contributed by atoms with Gasteiger partial charge in [0.25, 0.3) is 5.91 Å². The molecule has 2 aliphatic rings. The smallest absolute Gasteiger partial charge is 0.254 e. The molecule has 138 valence electrons. The lowest BCUT2D eigenvalue weighted by atomic mass is 10.0. The summed E-state index contributed by atoms with van der Waals surface area (Å²) in [5, 5.41) is 2.93. The van der Waals surface area contributed by atoms with Crippen LogP contribution < -0.4 is 5.32 Å². The highest BCUT2D eigenvalue weighted by molar-refractivity contribution is 5.97. The van der Waals surface area contributed by atoms with Gasteiger partial charge in [-0.25, -0.2) is 0 Å². The topological polar surface area (TPSA) is 62.3 Å². The lowest BCUT2D eigenvalue weighted by Gasteiger charge is -2.27. The molecular weight excluding hydrogens is 338 g/mol. The third-order valence-corrected chi connectivity index (χ3v) is 5.32. The largest absolute Gasteiger partial charge is 0.334 e. The highest BCUT2D eigenvalue weighted by Crippen LogP contribution is 2.38. The van der Waals surface area contributed by atoms with E-state index < -0.39 is 0 Å². The number of hydrogen-bond acceptors (Lipinski definition) is 3. The number of benzene rings is 1. The monoisotopic (exact) mass is 361 g/mol. The van der Waals surface area contributed by atoms with Crippen LogP contribution in [0.2, 0.25) is 0 Å². The van der Waals surface area contributed by atoms with Crippen molar-refractivity contribution in [3.63, 3.8) is 0 Å². The molecule has 2 amide bonds. The van der Waals surface area contributed by atoms with Crippen molar-refractivity contribution in [3.05, 3.63) is 66.0 Å². The molecule has 1 aromatic carbocycles. The van der Waals surface area contributed by atoms with Crippen LogP contribution in [0.15, 0.2) is 54.9 Å². The zero-order chi connectivity index (χ0) is 18.8. The molecule has 1 aliphatic carbocycles. The number of nitrogens with one attached hydrogen (secondary N) is 1.